The first-order valence-corrected chi connectivity index (χ1v) is 6.80. The molecule has 0 radical (unpaired) electrons. The maximum absolute atomic E-state index is 13.1. The molecule has 0 fully saturated rings. The Morgan fingerprint density at radius 1 is 1.42 bits per heavy atom. The van der Waals surface area contributed by atoms with E-state index in [1.807, 2.05) is 6.92 Å². The van der Waals surface area contributed by atoms with Crippen molar-refractivity contribution in [3.63, 3.8) is 0 Å². The molecule has 0 heterocycles. The molecule has 1 aromatic rings. The Morgan fingerprint density at radius 3 is 2.95 bits per heavy atom. The summed E-state index contributed by atoms with van der Waals surface area (Å²) in [5.41, 5.74) is 2.03. The van der Waals surface area contributed by atoms with Crippen LogP contribution in [0.25, 0.3) is 0 Å². The van der Waals surface area contributed by atoms with Crippen LogP contribution >= 0.6 is 11.6 Å². The molecule has 1 rings (SSSR count). The van der Waals surface area contributed by atoms with E-state index in [1.165, 1.54) is 17.7 Å². The summed E-state index contributed by atoms with van der Waals surface area (Å²) >= 11 is 6.04. The Hall–Kier alpha value is -0.900. The number of allylic oxidation sites excluding steroid dienone is 1. The van der Waals surface area contributed by atoms with Crippen LogP contribution in [0.1, 0.15) is 18.9 Å². The van der Waals surface area contributed by atoms with Crippen LogP contribution in [0.15, 0.2) is 29.8 Å². The minimum absolute atomic E-state index is 0.242. The van der Waals surface area contributed by atoms with E-state index in [9.17, 15) is 4.39 Å². The number of benzene rings is 1. The van der Waals surface area contributed by atoms with E-state index >= 15 is 0 Å². The normalized spacial score (nSPS) is 11.9. The Bertz CT molecular complexity index is 421. The first-order valence-electron chi connectivity index (χ1n) is 6.42. The van der Waals surface area contributed by atoms with E-state index in [2.05, 4.69) is 11.4 Å². The van der Waals surface area contributed by atoms with Gasteiger partial charge in [-0.3, -0.25) is 0 Å². The molecule has 0 bridgehead atoms. The van der Waals surface area contributed by atoms with Gasteiger partial charge in [-0.1, -0.05) is 23.3 Å². The average molecular weight is 286 g/mol. The third-order valence-electron chi connectivity index (χ3n) is 2.77. The highest BCUT2D eigenvalue weighted by molar-refractivity contribution is 6.31. The zero-order valence-corrected chi connectivity index (χ0v) is 12.3. The first-order chi connectivity index (χ1) is 9.13. The maximum atomic E-state index is 13.1. The number of nitrogens with one attached hydrogen (secondary N) is 1. The molecule has 0 unspecified atom stereocenters. The molecule has 0 aliphatic carbocycles. The van der Waals surface area contributed by atoms with Gasteiger partial charge in [0.15, 0.2) is 0 Å². The lowest BCUT2D eigenvalue weighted by atomic mass is 10.1. The second-order valence-corrected chi connectivity index (χ2v) is 4.90. The van der Waals surface area contributed by atoms with Crippen molar-refractivity contribution in [1.29, 1.82) is 0 Å². The van der Waals surface area contributed by atoms with Gasteiger partial charge < -0.3 is 10.1 Å². The molecule has 1 aromatic carbocycles. The highest BCUT2D eigenvalue weighted by atomic mass is 35.5. The molecular formula is C15H21ClFNO. The molecule has 19 heavy (non-hydrogen) atoms. The highest BCUT2D eigenvalue weighted by Crippen LogP contribution is 2.20. The van der Waals surface area contributed by atoms with Crippen LogP contribution in [0.5, 0.6) is 0 Å². The molecule has 0 aromatic heterocycles. The van der Waals surface area contributed by atoms with Gasteiger partial charge in [-0.25, -0.2) is 4.39 Å². The van der Waals surface area contributed by atoms with Crippen molar-refractivity contribution in [1.82, 2.24) is 5.32 Å². The van der Waals surface area contributed by atoms with Gasteiger partial charge in [-0.15, -0.1) is 0 Å². The summed E-state index contributed by atoms with van der Waals surface area (Å²) in [5.74, 6) is -0.242. The van der Waals surface area contributed by atoms with E-state index < -0.39 is 0 Å². The molecule has 2 nitrogen and oxygen atoms in total. The monoisotopic (exact) mass is 285 g/mol. The predicted molar refractivity (Wildman–Crippen MR) is 78.2 cm³/mol. The van der Waals surface area contributed by atoms with Crippen LogP contribution in [0.4, 0.5) is 4.39 Å². The summed E-state index contributed by atoms with van der Waals surface area (Å²) in [5, 5.41) is 3.89. The van der Waals surface area contributed by atoms with Crippen molar-refractivity contribution in [3.05, 3.63) is 46.3 Å². The Labute approximate surface area is 119 Å². The van der Waals surface area contributed by atoms with Crippen molar-refractivity contribution in [2.75, 3.05) is 26.8 Å². The van der Waals surface area contributed by atoms with E-state index in [0.717, 1.165) is 31.7 Å². The number of ether oxygens (including phenoxy) is 1. The first kappa shape index (κ1) is 16.2. The SMILES string of the molecule is COCCNCC/C=C(/C)Cc1cc(F)ccc1Cl. The summed E-state index contributed by atoms with van der Waals surface area (Å²) in [7, 11) is 1.69. The standard InChI is InChI=1S/C15H21ClFNO/c1-12(4-3-7-18-8-9-19-2)10-13-11-14(17)5-6-15(13)16/h4-6,11,18H,3,7-10H2,1-2H3/b12-4-. The second-order valence-electron chi connectivity index (χ2n) is 4.49. The minimum atomic E-state index is -0.242. The molecule has 0 saturated carbocycles. The summed E-state index contributed by atoms with van der Waals surface area (Å²) in [6, 6.07) is 4.48. The highest BCUT2D eigenvalue weighted by Gasteiger charge is 2.02. The summed E-state index contributed by atoms with van der Waals surface area (Å²) in [4.78, 5) is 0. The van der Waals surface area contributed by atoms with Gasteiger partial charge in [-0.05, 0) is 50.1 Å². The van der Waals surface area contributed by atoms with Crippen LogP contribution in [0, 0.1) is 5.82 Å². The molecular weight excluding hydrogens is 265 g/mol. The lowest BCUT2D eigenvalue weighted by molar-refractivity contribution is 0.199. The number of halogens is 2. The lowest BCUT2D eigenvalue weighted by Crippen LogP contribution is -2.19. The molecule has 0 amide bonds. The Kier molecular flexibility index (Phi) is 7.72. The number of hydrogen-bond donors (Lipinski definition) is 1. The molecule has 0 spiro atoms. The van der Waals surface area contributed by atoms with Crippen LogP contribution in [-0.2, 0) is 11.2 Å². The van der Waals surface area contributed by atoms with E-state index in [4.69, 9.17) is 16.3 Å². The van der Waals surface area contributed by atoms with Gasteiger partial charge in [-0.2, -0.15) is 0 Å². The average Bonchev–Trinajstić information content (AvgIpc) is 2.38. The summed E-state index contributed by atoms with van der Waals surface area (Å²) in [6.07, 6.45) is 3.79. The van der Waals surface area contributed by atoms with Crippen LogP contribution in [0.3, 0.4) is 0 Å². The van der Waals surface area contributed by atoms with Gasteiger partial charge in [0.05, 0.1) is 6.61 Å². The maximum Gasteiger partial charge on any atom is 0.123 e. The zero-order valence-electron chi connectivity index (χ0n) is 11.5. The van der Waals surface area contributed by atoms with Crippen molar-refractivity contribution in [2.45, 2.75) is 19.8 Å². The smallest absolute Gasteiger partial charge is 0.123 e. The molecule has 0 atom stereocenters. The van der Waals surface area contributed by atoms with Crippen LogP contribution in [0.2, 0.25) is 5.02 Å². The van der Waals surface area contributed by atoms with E-state index in [1.54, 1.807) is 13.2 Å². The van der Waals surface area contributed by atoms with E-state index in [0.29, 0.717) is 11.4 Å². The predicted octanol–water partition coefficient (Wildman–Crippen LogP) is 3.59. The van der Waals surface area contributed by atoms with Crippen molar-refractivity contribution < 1.29 is 9.13 Å². The van der Waals surface area contributed by atoms with Gasteiger partial charge >= 0.3 is 0 Å². The van der Waals surface area contributed by atoms with Crippen molar-refractivity contribution in [2.24, 2.45) is 0 Å². The Balaban J connectivity index is 2.37. The largest absolute Gasteiger partial charge is 0.383 e. The van der Waals surface area contributed by atoms with Crippen LogP contribution < -0.4 is 5.32 Å². The van der Waals surface area contributed by atoms with E-state index in [-0.39, 0.29) is 5.82 Å². The third-order valence-corrected chi connectivity index (χ3v) is 3.14. The van der Waals surface area contributed by atoms with Crippen LogP contribution in [-0.4, -0.2) is 26.8 Å². The fraction of sp³-hybridized carbons (Fsp3) is 0.467. The van der Waals surface area contributed by atoms with Crippen molar-refractivity contribution >= 4 is 11.6 Å². The molecule has 0 aliphatic heterocycles. The van der Waals surface area contributed by atoms with Gasteiger partial charge in [0.1, 0.15) is 5.82 Å². The minimum Gasteiger partial charge on any atom is -0.383 e. The Morgan fingerprint density at radius 2 is 2.21 bits per heavy atom. The molecule has 1 N–H and O–H groups in total. The quantitative estimate of drug-likeness (QED) is 0.582. The third kappa shape index (κ3) is 6.71. The number of hydrogen-bond acceptors (Lipinski definition) is 2. The van der Waals surface area contributed by atoms with Gasteiger partial charge in [0, 0.05) is 18.7 Å². The molecule has 106 valence electrons. The molecule has 0 saturated heterocycles. The topological polar surface area (TPSA) is 21.3 Å². The van der Waals surface area contributed by atoms with Crippen molar-refractivity contribution in [3.8, 4) is 0 Å². The number of methoxy groups -OCH3 is 1. The summed E-state index contributed by atoms with van der Waals surface area (Å²) in [6.45, 7) is 4.54. The lowest BCUT2D eigenvalue weighted by Gasteiger charge is -2.06. The van der Waals surface area contributed by atoms with Gasteiger partial charge in [0.2, 0.25) is 0 Å². The molecule has 0 aliphatic rings. The second kappa shape index (κ2) is 9.08. The number of rotatable bonds is 8. The van der Waals surface area contributed by atoms with Gasteiger partial charge in [0.25, 0.3) is 0 Å². The fourth-order valence-corrected chi connectivity index (χ4v) is 1.96. The molecule has 4 heteroatoms. The fourth-order valence-electron chi connectivity index (χ4n) is 1.77. The zero-order chi connectivity index (χ0) is 14.1. The summed E-state index contributed by atoms with van der Waals surface area (Å²) < 4.78 is 18.1.